The number of carbonyl (C=O) groups is 5. The van der Waals surface area contributed by atoms with E-state index in [-0.39, 0.29) is 23.4 Å². The van der Waals surface area contributed by atoms with E-state index in [1.807, 2.05) is 0 Å². The van der Waals surface area contributed by atoms with E-state index in [9.17, 15) is 44.2 Å². The van der Waals surface area contributed by atoms with Crippen LogP contribution in [0.15, 0.2) is 42.5 Å². The molecule has 0 amide bonds. The van der Waals surface area contributed by atoms with Crippen molar-refractivity contribution in [3.05, 3.63) is 68.3 Å². The van der Waals surface area contributed by atoms with Crippen molar-refractivity contribution in [2.45, 2.75) is 70.9 Å². The normalized spacial score (nSPS) is 20.1. The summed E-state index contributed by atoms with van der Waals surface area (Å²) in [6.45, 7) is 3.57. The van der Waals surface area contributed by atoms with Crippen LogP contribution in [-0.2, 0) is 47.6 Å². The molecule has 0 spiro atoms. The summed E-state index contributed by atoms with van der Waals surface area (Å²) in [6.07, 6.45) is -5.36. The maximum absolute atomic E-state index is 12.5. The predicted molar refractivity (Wildman–Crippen MR) is 162 cm³/mol. The summed E-state index contributed by atoms with van der Waals surface area (Å²) in [5, 5.41) is 23.1. The fraction of sp³-hybridized carbons (Fsp3) is 0.387. The molecule has 0 radical (unpaired) electrons. The van der Waals surface area contributed by atoms with Gasteiger partial charge in [0.25, 0.3) is 5.69 Å². The molecule has 1 aliphatic rings. The van der Waals surface area contributed by atoms with Gasteiger partial charge in [0.15, 0.2) is 18.0 Å². The minimum Gasteiger partial charge on any atom is -0.463 e. The lowest BCUT2D eigenvalue weighted by atomic mass is 9.98. The van der Waals surface area contributed by atoms with Crippen LogP contribution in [0.1, 0.15) is 45.8 Å². The molecule has 2 aromatic carbocycles. The molecule has 19 heteroatoms. The van der Waals surface area contributed by atoms with E-state index >= 15 is 0 Å². The molecule has 0 aromatic heterocycles. The van der Waals surface area contributed by atoms with Gasteiger partial charge in [-0.15, -0.1) is 12.3 Å². The molecule has 3 rings (SSSR count). The second kappa shape index (κ2) is 17.2. The van der Waals surface area contributed by atoms with Crippen molar-refractivity contribution in [1.29, 1.82) is 0 Å². The van der Waals surface area contributed by atoms with Crippen LogP contribution in [0.2, 0.25) is 0 Å². The van der Waals surface area contributed by atoms with Crippen molar-refractivity contribution in [1.82, 2.24) is 0 Å². The van der Waals surface area contributed by atoms with Gasteiger partial charge in [-0.3, -0.25) is 39.4 Å². The SMILES string of the molecule is C#CCC(OC(=O)Oc1ccc([N+](=O)[O-])cc1)c1ccc(O[C@@H]2OC(COC(C)=O)[C@H](OC(C)=O)[C@H](OC(C)=O)C2OC(C)=O)c([N+](=O)[O-])c1. The number of benzene rings is 2. The molecular weight excluding hydrogens is 672 g/mol. The van der Waals surface area contributed by atoms with Crippen molar-refractivity contribution >= 4 is 41.4 Å². The maximum Gasteiger partial charge on any atom is 0.514 e. The summed E-state index contributed by atoms with van der Waals surface area (Å²) in [4.78, 5) is 81.8. The van der Waals surface area contributed by atoms with Crippen LogP contribution in [0, 0.1) is 32.6 Å². The highest BCUT2D eigenvalue weighted by Gasteiger charge is 2.53. The van der Waals surface area contributed by atoms with Gasteiger partial charge in [0.1, 0.15) is 24.6 Å². The van der Waals surface area contributed by atoms with Gasteiger partial charge >= 0.3 is 35.7 Å². The third-order valence-corrected chi connectivity index (χ3v) is 6.53. The zero-order chi connectivity index (χ0) is 37.1. The number of hydrogen-bond acceptors (Lipinski definition) is 17. The van der Waals surface area contributed by atoms with Crippen molar-refractivity contribution in [2.24, 2.45) is 0 Å². The third kappa shape index (κ3) is 10.6. The molecule has 0 bridgehead atoms. The van der Waals surface area contributed by atoms with Crippen LogP contribution in [-0.4, -0.2) is 77.2 Å². The average Bonchev–Trinajstić information content (AvgIpc) is 3.02. The topological polar surface area (TPSA) is 245 Å². The number of carbonyl (C=O) groups excluding carboxylic acids is 5. The van der Waals surface area contributed by atoms with E-state index in [1.165, 1.54) is 6.07 Å². The quantitative estimate of drug-likeness (QED) is 0.0725. The lowest BCUT2D eigenvalue weighted by Gasteiger charge is -2.43. The molecule has 1 saturated heterocycles. The Balaban J connectivity index is 1.96. The Kier molecular flexibility index (Phi) is 13.1. The van der Waals surface area contributed by atoms with Crippen LogP contribution in [0.4, 0.5) is 16.2 Å². The molecule has 0 saturated carbocycles. The van der Waals surface area contributed by atoms with E-state index in [1.54, 1.807) is 0 Å². The van der Waals surface area contributed by atoms with Gasteiger partial charge in [0.2, 0.25) is 12.4 Å². The first-order chi connectivity index (χ1) is 23.6. The lowest BCUT2D eigenvalue weighted by molar-refractivity contribution is -0.387. The first kappa shape index (κ1) is 38.2. The number of nitrogens with zero attached hydrogens (tertiary/aromatic N) is 2. The molecule has 0 N–H and O–H groups in total. The Morgan fingerprint density at radius 1 is 0.840 bits per heavy atom. The van der Waals surface area contributed by atoms with Crippen LogP contribution < -0.4 is 9.47 Å². The Labute approximate surface area is 282 Å². The van der Waals surface area contributed by atoms with Gasteiger partial charge in [-0.1, -0.05) is 6.07 Å². The summed E-state index contributed by atoms with van der Waals surface area (Å²) in [6, 6.07) is 7.82. The fourth-order valence-corrected chi connectivity index (χ4v) is 4.59. The van der Waals surface area contributed by atoms with Crippen molar-refractivity contribution in [3.63, 3.8) is 0 Å². The van der Waals surface area contributed by atoms with Gasteiger partial charge in [-0.2, -0.15) is 0 Å². The molecule has 19 nitrogen and oxygen atoms in total. The number of ether oxygens (including phenoxy) is 8. The Morgan fingerprint density at radius 2 is 1.44 bits per heavy atom. The second-order valence-corrected chi connectivity index (χ2v) is 10.3. The molecule has 3 unspecified atom stereocenters. The first-order valence-corrected chi connectivity index (χ1v) is 14.4. The molecule has 50 heavy (non-hydrogen) atoms. The van der Waals surface area contributed by atoms with Gasteiger partial charge in [0.05, 0.1) is 16.3 Å². The standard InChI is InChI=1S/C31H30N2O17/c1-6-7-24(50-31(38)47-22-11-9-21(10-12-22)32(39)40)20-8-13-25(23(14-20)33(41)42)48-30-29(46-19(5)37)28(45-18(4)36)27(44-17(3)35)26(49-30)15-43-16(2)34/h1,8-14,24,26-30H,7,15H2,2-5H3/t24?,26?,27-,28-,29?,30+/m0/s1. The van der Waals surface area contributed by atoms with E-state index in [4.69, 9.17) is 44.3 Å². The minimum atomic E-state index is -1.78. The van der Waals surface area contributed by atoms with E-state index in [0.717, 1.165) is 64.1 Å². The number of rotatable bonds is 13. The molecular formula is C31H30N2O17. The van der Waals surface area contributed by atoms with Crippen molar-refractivity contribution in [2.75, 3.05) is 6.61 Å². The van der Waals surface area contributed by atoms with E-state index in [2.05, 4.69) is 5.92 Å². The molecule has 1 aliphatic heterocycles. The monoisotopic (exact) mass is 702 g/mol. The predicted octanol–water partition coefficient (Wildman–Crippen LogP) is 3.24. The number of terminal acetylenes is 1. The Morgan fingerprint density at radius 3 is 1.98 bits per heavy atom. The Bertz CT molecular complexity index is 1670. The van der Waals surface area contributed by atoms with Crippen LogP contribution in [0.5, 0.6) is 11.5 Å². The van der Waals surface area contributed by atoms with Crippen LogP contribution in [0.25, 0.3) is 0 Å². The summed E-state index contributed by atoms with van der Waals surface area (Å²) >= 11 is 0. The first-order valence-electron chi connectivity index (χ1n) is 14.4. The molecule has 0 aliphatic carbocycles. The summed E-state index contributed by atoms with van der Waals surface area (Å²) < 4.78 is 42.9. The number of non-ortho nitro benzene ring substituents is 1. The minimum absolute atomic E-state index is 0.0178. The van der Waals surface area contributed by atoms with E-state index in [0.29, 0.717) is 0 Å². The third-order valence-electron chi connectivity index (χ3n) is 6.53. The number of esters is 4. The lowest BCUT2D eigenvalue weighted by Crippen LogP contribution is -2.63. The van der Waals surface area contributed by atoms with Gasteiger partial charge in [-0.25, -0.2) is 4.79 Å². The molecule has 266 valence electrons. The maximum atomic E-state index is 12.5. The summed E-state index contributed by atoms with van der Waals surface area (Å²) in [5.74, 6) is -1.75. The molecule has 1 fully saturated rings. The van der Waals surface area contributed by atoms with Crippen LogP contribution in [0.3, 0.4) is 0 Å². The van der Waals surface area contributed by atoms with Crippen molar-refractivity contribution < 1.29 is 71.7 Å². The smallest absolute Gasteiger partial charge is 0.463 e. The van der Waals surface area contributed by atoms with Crippen molar-refractivity contribution in [3.8, 4) is 23.8 Å². The second-order valence-electron chi connectivity index (χ2n) is 10.3. The van der Waals surface area contributed by atoms with Gasteiger partial charge in [-0.05, 0) is 18.2 Å². The van der Waals surface area contributed by atoms with Crippen LogP contribution >= 0.6 is 0 Å². The summed E-state index contributed by atoms with van der Waals surface area (Å²) in [7, 11) is 0. The highest BCUT2D eigenvalue weighted by molar-refractivity contribution is 5.69. The molecule has 1 heterocycles. The average molecular weight is 703 g/mol. The largest absolute Gasteiger partial charge is 0.514 e. The highest BCUT2D eigenvalue weighted by atomic mass is 16.7. The highest BCUT2D eigenvalue weighted by Crippen LogP contribution is 2.37. The fourth-order valence-electron chi connectivity index (χ4n) is 4.59. The number of hydrogen-bond donors (Lipinski definition) is 0. The Hall–Kier alpha value is -6.29. The number of nitro groups is 2. The van der Waals surface area contributed by atoms with Gasteiger partial charge in [0, 0.05) is 51.5 Å². The molecule has 6 atom stereocenters. The summed E-state index contributed by atoms with van der Waals surface area (Å²) in [5.41, 5.74) is -0.955. The van der Waals surface area contributed by atoms with E-state index < -0.39 is 94.7 Å². The zero-order valence-corrected chi connectivity index (χ0v) is 26.8. The van der Waals surface area contributed by atoms with Gasteiger partial charge < -0.3 is 37.9 Å². The number of nitro benzene ring substituents is 2. The molecule has 2 aromatic rings. The zero-order valence-electron chi connectivity index (χ0n) is 26.8.